The summed E-state index contributed by atoms with van der Waals surface area (Å²) >= 11 is 0. The quantitative estimate of drug-likeness (QED) is 0.211. The summed E-state index contributed by atoms with van der Waals surface area (Å²) in [6, 6.07) is 46.6. The highest BCUT2D eigenvalue weighted by atomic mass is 16.3. The Bertz CT molecular complexity index is 2420. The number of nitriles is 1. The highest BCUT2D eigenvalue weighted by Crippen LogP contribution is 2.38. The first-order valence-corrected chi connectivity index (χ1v) is 14.5. The molecule has 1 atom stereocenters. The molecule has 8 rings (SSSR count). The fourth-order valence-corrected chi connectivity index (χ4v) is 6.17. The maximum absolute atomic E-state index is 9.31. The number of fused-ring (bicyclic) bond motifs is 6. The Labute approximate surface area is 253 Å². The minimum Gasteiger partial charge on any atom is -0.456 e. The number of hydrogen-bond donors (Lipinski definition) is 1. The fraction of sp³-hybridized carbons (Fsp3) is 0.0256. The highest BCUT2D eigenvalue weighted by Gasteiger charge is 2.16. The van der Waals surface area contributed by atoms with Crippen molar-refractivity contribution in [2.45, 2.75) is 6.04 Å². The van der Waals surface area contributed by atoms with Gasteiger partial charge in [-0.1, -0.05) is 78.9 Å². The second-order valence-corrected chi connectivity index (χ2v) is 10.9. The van der Waals surface area contributed by atoms with Crippen molar-refractivity contribution >= 4 is 55.6 Å². The molecular formula is C39H26N4O. The lowest BCUT2D eigenvalue weighted by Crippen LogP contribution is -2.12. The van der Waals surface area contributed by atoms with Crippen LogP contribution >= 0.6 is 0 Å². The first-order chi connectivity index (χ1) is 21.7. The van der Waals surface area contributed by atoms with Crippen molar-refractivity contribution in [2.75, 3.05) is 0 Å². The van der Waals surface area contributed by atoms with Gasteiger partial charge in [-0.3, -0.25) is 4.99 Å². The van der Waals surface area contributed by atoms with E-state index in [1.54, 1.807) is 6.07 Å². The van der Waals surface area contributed by atoms with Gasteiger partial charge in [-0.05, 0) is 71.3 Å². The zero-order valence-electron chi connectivity index (χ0n) is 23.7. The molecule has 0 saturated heterocycles. The first kappa shape index (κ1) is 25.7. The van der Waals surface area contributed by atoms with Crippen LogP contribution in [0.4, 0.5) is 5.69 Å². The number of benzene rings is 6. The molecule has 2 heterocycles. The lowest BCUT2D eigenvalue weighted by Gasteiger charge is -2.15. The smallest absolute Gasteiger partial charge is 0.136 e. The Morgan fingerprint density at radius 3 is 2.32 bits per heavy atom. The SMILES string of the molecule is N#Cc1cccc(C(N)c2ccccc2N=Cc2ccc(-n3c4ccccc4c4cc5oc6ccccc6c5cc43)cc2)c1. The summed E-state index contributed by atoms with van der Waals surface area (Å²) in [6.45, 7) is 0. The predicted molar refractivity (Wildman–Crippen MR) is 179 cm³/mol. The van der Waals surface area contributed by atoms with Crippen LogP contribution in [-0.4, -0.2) is 10.8 Å². The third-order valence-electron chi connectivity index (χ3n) is 8.32. The number of hydrogen-bond acceptors (Lipinski definition) is 4. The van der Waals surface area contributed by atoms with Gasteiger partial charge in [0.25, 0.3) is 0 Å². The van der Waals surface area contributed by atoms with Crippen molar-refractivity contribution in [3.63, 3.8) is 0 Å². The number of aromatic nitrogens is 1. The molecule has 0 radical (unpaired) electrons. The molecule has 0 fully saturated rings. The van der Waals surface area contributed by atoms with Gasteiger partial charge in [0, 0.05) is 33.4 Å². The molecule has 0 aliphatic heterocycles. The van der Waals surface area contributed by atoms with E-state index in [0.29, 0.717) is 5.56 Å². The van der Waals surface area contributed by atoms with Gasteiger partial charge in [-0.2, -0.15) is 5.26 Å². The van der Waals surface area contributed by atoms with Gasteiger partial charge in [0.2, 0.25) is 0 Å². The molecule has 0 aliphatic rings. The van der Waals surface area contributed by atoms with E-state index in [9.17, 15) is 5.26 Å². The Hall–Kier alpha value is -5.96. The Morgan fingerprint density at radius 1 is 0.682 bits per heavy atom. The van der Waals surface area contributed by atoms with Gasteiger partial charge < -0.3 is 14.7 Å². The lowest BCUT2D eigenvalue weighted by atomic mass is 9.97. The molecule has 0 spiro atoms. The van der Waals surface area contributed by atoms with Crippen molar-refractivity contribution < 1.29 is 4.42 Å². The Balaban J connectivity index is 1.17. The molecule has 5 heteroatoms. The summed E-state index contributed by atoms with van der Waals surface area (Å²) in [5.74, 6) is 0. The molecule has 6 aromatic carbocycles. The molecule has 208 valence electrons. The zero-order valence-corrected chi connectivity index (χ0v) is 23.7. The molecule has 8 aromatic rings. The number of nitrogens with zero attached hydrogens (tertiary/aromatic N) is 3. The van der Waals surface area contributed by atoms with Gasteiger partial charge in [0.1, 0.15) is 11.2 Å². The summed E-state index contributed by atoms with van der Waals surface area (Å²) in [6.07, 6.45) is 1.87. The van der Waals surface area contributed by atoms with Crippen molar-refractivity contribution in [1.82, 2.24) is 4.57 Å². The normalized spacial score (nSPS) is 12.5. The van der Waals surface area contributed by atoms with Gasteiger partial charge >= 0.3 is 0 Å². The van der Waals surface area contributed by atoms with E-state index in [-0.39, 0.29) is 0 Å². The molecule has 1 unspecified atom stereocenters. The van der Waals surface area contributed by atoms with E-state index < -0.39 is 6.04 Å². The van der Waals surface area contributed by atoms with E-state index in [1.165, 1.54) is 5.39 Å². The van der Waals surface area contributed by atoms with Crippen molar-refractivity contribution in [1.29, 1.82) is 5.26 Å². The Kier molecular flexibility index (Phi) is 6.08. The zero-order chi connectivity index (χ0) is 29.6. The van der Waals surface area contributed by atoms with Crippen LogP contribution < -0.4 is 5.73 Å². The van der Waals surface area contributed by atoms with Gasteiger partial charge in [0.05, 0.1) is 34.4 Å². The maximum atomic E-state index is 9.31. The van der Waals surface area contributed by atoms with E-state index in [2.05, 4.69) is 83.4 Å². The summed E-state index contributed by atoms with van der Waals surface area (Å²) in [4.78, 5) is 4.83. The van der Waals surface area contributed by atoms with Crippen molar-refractivity contribution in [2.24, 2.45) is 10.7 Å². The summed E-state index contributed by atoms with van der Waals surface area (Å²) < 4.78 is 8.53. The molecule has 0 bridgehead atoms. The van der Waals surface area contributed by atoms with Crippen LogP contribution in [0, 0.1) is 11.3 Å². The third kappa shape index (κ3) is 4.25. The second kappa shape index (κ2) is 10.4. The van der Waals surface area contributed by atoms with Crippen LogP contribution in [0.3, 0.4) is 0 Å². The average molecular weight is 567 g/mol. The van der Waals surface area contributed by atoms with E-state index in [1.807, 2.05) is 60.8 Å². The molecule has 0 amide bonds. The monoisotopic (exact) mass is 566 g/mol. The maximum Gasteiger partial charge on any atom is 0.136 e. The molecule has 0 aliphatic carbocycles. The summed E-state index contributed by atoms with van der Waals surface area (Å²) in [5, 5.41) is 13.9. The molecule has 2 aromatic heterocycles. The first-order valence-electron chi connectivity index (χ1n) is 14.5. The fourth-order valence-electron chi connectivity index (χ4n) is 6.17. The van der Waals surface area contributed by atoms with E-state index >= 15 is 0 Å². The van der Waals surface area contributed by atoms with Crippen LogP contribution in [0.5, 0.6) is 0 Å². The van der Waals surface area contributed by atoms with Crippen molar-refractivity contribution in [3.8, 4) is 11.8 Å². The molecule has 0 saturated carbocycles. The van der Waals surface area contributed by atoms with Crippen LogP contribution in [0.1, 0.15) is 28.3 Å². The largest absolute Gasteiger partial charge is 0.456 e. The second-order valence-electron chi connectivity index (χ2n) is 10.9. The molecule has 5 nitrogen and oxygen atoms in total. The van der Waals surface area contributed by atoms with Crippen molar-refractivity contribution in [3.05, 3.63) is 156 Å². The summed E-state index contributed by atoms with van der Waals surface area (Å²) in [5.41, 5.74) is 15.9. The number of furan rings is 1. The standard InChI is InChI=1S/C39H26N4O/c40-23-26-8-7-9-27(20-26)39(41)31-12-1-4-13-34(31)42-24-25-16-18-28(19-17-25)43-35-14-5-2-10-29(35)32-22-38-33(21-36(32)43)30-11-3-6-15-37(30)44-38/h1-22,24,39H,41H2. The average Bonchev–Trinajstić information content (AvgIpc) is 3.61. The molecule has 44 heavy (non-hydrogen) atoms. The lowest BCUT2D eigenvalue weighted by molar-refractivity contribution is 0.669. The number of para-hydroxylation sites is 3. The van der Waals surface area contributed by atoms with Crippen LogP contribution in [-0.2, 0) is 0 Å². The minimum atomic E-state index is -0.395. The van der Waals surface area contributed by atoms with E-state index in [0.717, 1.165) is 66.4 Å². The van der Waals surface area contributed by atoms with E-state index in [4.69, 9.17) is 15.1 Å². The number of nitrogens with two attached hydrogens (primary N) is 1. The number of rotatable bonds is 5. The topological polar surface area (TPSA) is 80.2 Å². The number of aliphatic imine (C=N–C) groups is 1. The minimum absolute atomic E-state index is 0.395. The van der Waals surface area contributed by atoms with Gasteiger partial charge in [0.15, 0.2) is 0 Å². The third-order valence-corrected chi connectivity index (χ3v) is 8.32. The van der Waals surface area contributed by atoms with Gasteiger partial charge in [-0.25, -0.2) is 0 Å². The van der Waals surface area contributed by atoms with Crippen LogP contribution in [0.15, 0.2) is 143 Å². The predicted octanol–water partition coefficient (Wildman–Crippen LogP) is 9.35. The van der Waals surface area contributed by atoms with Crippen LogP contribution in [0.25, 0.3) is 49.4 Å². The molecule has 2 N–H and O–H groups in total. The molecular weight excluding hydrogens is 540 g/mol. The highest BCUT2D eigenvalue weighted by molar-refractivity contribution is 6.17. The summed E-state index contributed by atoms with van der Waals surface area (Å²) in [7, 11) is 0. The van der Waals surface area contributed by atoms with Gasteiger partial charge in [-0.15, -0.1) is 0 Å². The Morgan fingerprint density at radius 2 is 1.45 bits per heavy atom. The van der Waals surface area contributed by atoms with Crippen LogP contribution in [0.2, 0.25) is 0 Å².